The summed E-state index contributed by atoms with van der Waals surface area (Å²) in [4.78, 5) is 131. The van der Waals surface area contributed by atoms with Gasteiger partial charge in [0.1, 0.15) is 34.9 Å². The molecule has 0 radical (unpaired) electrons. The zero-order valence-corrected chi connectivity index (χ0v) is 76.0. The van der Waals surface area contributed by atoms with Gasteiger partial charge in [0, 0.05) is 50.3 Å². The summed E-state index contributed by atoms with van der Waals surface area (Å²) in [5, 5.41) is 53.7. The Hall–Kier alpha value is -11.4. The van der Waals surface area contributed by atoms with Crippen LogP contribution in [-0.2, 0) is 63.4 Å². The zero-order chi connectivity index (χ0) is 92.8. The Morgan fingerprint density at radius 2 is 0.643 bits per heavy atom. The SMILES string of the molecule is C.C.CC(C)(C)OC(=O)NC(CCCCN=C(N)N[N+](=O)[O-])C(=O)O.CC(Cc1ccccc1)NC(=O)C(CCCCN=C(N)N[N+](=O)[O-])NC(=O)OC(C)(C)C.CC(Cc1ccccc1)NC(=O)C(CCCCN=C(N)N[N+](=O)[O-])NC(=O)OC(C)(C)C.CC(Cc1ccccc1)NC(=O)C(N)CCCCN=C(N)N.CC(N)Cc1ccccc1.COCl.Cl.Cl. The minimum absolute atomic E-state index is 0. The Labute approximate surface area is 759 Å². The van der Waals surface area contributed by atoms with Gasteiger partial charge in [-0.25, -0.2) is 64.5 Å². The van der Waals surface area contributed by atoms with E-state index in [-0.39, 0.29) is 131 Å². The van der Waals surface area contributed by atoms with Crippen molar-refractivity contribution in [1.82, 2.24) is 48.2 Å². The number of aliphatic carboxylic acids is 1. The lowest BCUT2D eigenvalue weighted by molar-refractivity contribution is -0.525. The number of carboxylic acid groups (broad SMARTS) is 1. The fourth-order valence-corrected chi connectivity index (χ4v) is 10.4. The molecule has 4 aromatic carbocycles. The van der Waals surface area contributed by atoms with Crippen LogP contribution in [0.5, 0.6) is 0 Å². The number of carbonyl (C=O) groups is 7. The smallest absolute Gasteiger partial charge is 0.408 e. The molecule has 0 saturated carbocycles. The third-order valence-corrected chi connectivity index (χ3v) is 15.4. The number of ether oxygens (including phenoxy) is 3. The van der Waals surface area contributed by atoms with Crippen molar-refractivity contribution >= 4 is 102 Å². The quantitative estimate of drug-likeness (QED) is 0.00492. The maximum absolute atomic E-state index is 12.8. The number of carboxylic acids is 1. The first-order chi connectivity index (χ1) is 57.1. The number of nitrogens with one attached hydrogen (secondary N) is 9. The number of rotatable bonds is 41. The highest BCUT2D eigenvalue weighted by Crippen LogP contribution is 2.15. The number of amides is 6. The Bertz CT molecular complexity index is 3660. The van der Waals surface area contributed by atoms with Crippen LogP contribution in [0.3, 0.4) is 0 Å². The minimum atomic E-state index is -1.17. The molecule has 0 aliphatic rings. The lowest BCUT2D eigenvalue weighted by Gasteiger charge is -2.24. The van der Waals surface area contributed by atoms with Gasteiger partial charge < -0.3 is 91.4 Å². The molecule has 716 valence electrons. The molecule has 6 amide bonds. The normalized spacial score (nSPS) is 12.8. The van der Waals surface area contributed by atoms with Crippen molar-refractivity contribution in [2.45, 2.75) is 273 Å². The minimum Gasteiger partial charge on any atom is -0.480 e. The molecule has 0 spiro atoms. The standard InChI is InChI=1S/2C21H34N6O5.C16H27N5O.C12H23N5O6.C9H13N.CH3ClO.2CH4.2ClH/c2*1-15(14-16-10-6-5-7-11-16)24-18(28)17(25-20(29)32-21(2,3)4)12-8-9-13-23-19(22)26-27(30)31;1-12(11-13-7-3-2-4-8-13)21-15(22)14(17)9-5-6-10-20-16(18)19;1-12(2,3)23-11(20)15-8(9(18)19)6-4-5-7-14-10(13)16-17(21)22;1-8(10)7-9-5-3-2-4-6-9;1-3-2;;;;/h2*5-7,10-11,15,17H,8-9,12-14H2,1-4H3,(H,24,28)(H,25,29)(H3,22,23,26);2-4,7-8,12,14H,5-6,9-11,17H2,1H3,(H,21,22)(H4,18,19,20);8H,4-7H2,1-3H3,(H,15,20)(H,18,19)(H3,13,14,16);2-6,8H,7,10H2,1H3;1H3;2*1H4;2*1H. The van der Waals surface area contributed by atoms with E-state index >= 15 is 0 Å². The van der Waals surface area contributed by atoms with E-state index in [0.29, 0.717) is 77.2 Å². The van der Waals surface area contributed by atoms with Crippen molar-refractivity contribution in [1.29, 1.82) is 0 Å². The molecule has 8 unspecified atom stereocenters. The average molecular weight is 1850 g/mol. The van der Waals surface area contributed by atoms with Crippen molar-refractivity contribution in [3.8, 4) is 0 Å². The number of halogens is 3. The summed E-state index contributed by atoms with van der Waals surface area (Å²) in [6.45, 7) is 24.5. The van der Waals surface area contributed by atoms with E-state index in [4.69, 9.17) is 59.5 Å². The van der Waals surface area contributed by atoms with Gasteiger partial charge in [0.05, 0.1) is 25.0 Å². The topological polar surface area (TPSA) is 646 Å². The zero-order valence-electron chi connectivity index (χ0n) is 73.6. The molecular weight excluding hydrogens is 1700 g/mol. The number of nitrogens with two attached hydrogens (primary N) is 7. The molecule has 0 heterocycles. The van der Waals surface area contributed by atoms with Gasteiger partial charge in [-0.3, -0.25) is 23.7 Å². The number of hydrogen-bond donors (Lipinski definition) is 17. The highest BCUT2D eigenvalue weighted by molar-refractivity contribution is 6.07. The summed E-state index contributed by atoms with van der Waals surface area (Å²) in [7, 11) is 1.39. The number of unbranched alkanes of at least 4 members (excludes halogenated alkanes) is 4. The van der Waals surface area contributed by atoms with Crippen molar-refractivity contribution in [3.63, 3.8) is 0 Å². The van der Waals surface area contributed by atoms with E-state index in [2.05, 4.69) is 80.2 Å². The summed E-state index contributed by atoms with van der Waals surface area (Å²) in [6.07, 6.45) is 7.08. The molecule has 0 bridgehead atoms. The monoisotopic (exact) mass is 1840 g/mol. The summed E-state index contributed by atoms with van der Waals surface area (Å²) >= 11 is 4.50. The predicted molar refractivity (Wildman–Crippen MR) is 499 cm³/mol. The first-order valence-electron chi connectivity index (χ1n) is 39.7. The van der Waals surface area contributed by atoms with Crippen LogP contribution < -0.4 is 88.3 Å². The van der Waals surface area contributed by atoms with E-state index in [1.165, 1.54) is 18.2 Å². The molecule has 0 aliphatic carbocycles. The Kier molecular flexibility index (Phi) is 71.5. The van der Waals surface area contributed by atoms with Gasteiger partial charge in [-0.15, -0.1) is 24.8 Å². The van der Waals surface area contributed by atoms with Gasteiger partial charge in [0.2, 0.25) is 17.7 Å². The maximum atomic E-state index is 12.8. The number of carbonyl (C=O) groups excluding carboxylic acids is 6. The van der Waals surface area contributed by atoms with Gasteiger partial charge in [0.25, 0.3) is 17.9 Å². The number of benzene rings is 4. The second-order valence-electron chi connectivity index (χ2n) is 30.9. The fourth-order valence-electron chi connectivity index (χ4n) is 10.4. The first-order valence-corrected chi connectivity index (χ1v) is 40.1. The lowest BCUT2D eigenvalue weighted by atomic mass is 10.1. The van der Waals surface area contributed by atoms with E-state index in [1.807, 2.05) is 137 Å². The molecule has 44 heteroatoms. The first kappa shape index (κ1) is 125. The maximum Gasteiger partial charge on any atom is 0.408 e. The number of hydrazine groups is 3. The molecule has 24 N–H and O–H groups in total. The van der Waals surface area contributed by atoms with Crippen LogP contribution in [0, 0.1) is 30.3 Å². The van der Waals surface area contributed by atoms with Crippen molar-refractivity contribution in [3.05, 3.63) is 174 Å². The van der Waals surface area contributed by atoms with E-state index in [9.17, 15) is 63.9 Å². The Balaban J connectivity index is -0.000000363. The molecule has 8 atom stereocenters. The molecule has 4 aromatic rings. The lowest BCUT2D eigenvalue weighted by Crippen LogP contribution is -2.50. The molecule has 0 saturated heterocycles. The Morgan fingerprint density at radius 3 is 0.889 bits per heavy atom. The van der Waals surface area contributed by atoms with E-state index in [0.717, 1.165) is 36.8 Å². The van der Waals surface area contributed by atoms with Crippen LogP contribution in [0.25, 0.3) is 0 Å². The second kappa shape index (κ2) is 71.8. The molecule has 41 nitrogen and oxygen atoms in total. The van der Waals surface area contributed by atoms with Crippen LogP contribution >= 0.6 is 36.7 Å². The average Bonchev–Trinajstić information content (AvgIpc) is 0.895. The van der Waals surface area contributed by atoms with Crippen LogP contribution in [0.2, 0.25) is 0 Å². The number of hydrogen-bond acceptors (Lipinski definition) is 23. The van der Waals surface area contributed by atoms with Gasteiger partial charge >= 0.3 is 24.2 Å². The molecule has 4 rings (SSSR count). The third-order valence-electron chi connectivity index (χ3n) is 15.4. The summed E-state index contributed by atoms with van der Waals surface area (Å²) in [5.74, 6) is -2.70. The molecule has 0 aliphatic heterocycles. The summed E-state index contributed by atoms with van der Waals surface area (Å²) < 4.78 is 19.3. The molecule has 126 heavy (non-hydrogen) atoms. The van der Waals surface area contributed by atoms with Gasteiger partial charge in [-0.2, -0.15) is 0 Å². The summed E-state index contributed by atoms with van der Waals surface area (Å²) in [6, 6.07) is 36.8. The van der Waals surface area contributed by atoms with Crippen LogP contribution in [0.4, 0.5) is 14.4 Å². The largest absolute Gasteiger partial charge is 0.480 e. The fraction of sp³-hybridized carbons (Fsp3) is 0.573. The van der Waals surface area contributed by atoms with Crippen LogP contribution in [-0.4, -0.2) is 184 Å². The van der Waals surface area contributed by atoms with Crippen molar-refractivity contribution in [2.24, 2.45) is 60.1 Å². The third kappa shape index (κ3) is 76.3. The van der Waals surface area contributed by atoms with Crippen LogP contribution in [0.15, 0.2) is 141 Å². The molecular formula is C82H144Cl3N23O18. The number of guanidine groups is 4. The second-order valence-corrected chi connectivity index (χ2v) is 31.2. The van der Waals surface area contributed by atoms with E-state index < -0.39 is 80.3 Å². The number of nitro groups is 3. The molecule has 0 fully saturated rings. The predicted octanol–water partition coefficient (Wildman–Crippen LogP) is 9.00. The van der Waals surface area contributed by atoms with Crippen LogP contribution in [0.1, 0.15) is 204 Å². The number of aliphatic imine (C=N–C) groups is 4. The molecule has 0 aromatic heterocycles. The van der Waals surface area contributed by atoms with Crippen molar-refractivity contribution < 1.29 is 72.3 Å². The Morgan fingerprint density at radius 1 is 0.405 bits per heavy atom. The van der Waals surface area contributed by atoms with Gasteiger partial charge in [0.15, 0.2) is 21.1 Å². The summed E-state index contributed by atoms with van der Waals surface area (Å²) in [5.41, 5.74) is 45.8. The van der Waals surface area contributed by atoms with Gasteiger partial charge in [-0.1, -0.05) is 152 Å². The number of alkyl carbamates (subject to hydrolysis) is 3. The highest BCUT2D eigenvalue weighted by Gasteiger charge is 2.28. The van der Waals surface area contributed by atoms with Crippen molar-refractivity contribution in [2.75, 3.05) is 33.3 Å². The highest BCUT2D eigenvalue weighted by atomic mass is 35.5. The van der Waals surface area contributed by atoms with Gasteiger partial charge in [-0.05, 0) is 215 Å². The van der Waals surface area contributed by atoms with E-state index in [1.54, 1.807) is 78.6 Å². The number of nitrogens with zero attached hydrogens (tertiary/aromatic N) is 7.